The van der Waals surface area contributed by atoms with Crippen LogP contribution in [-0.2, 0) is 19.4 Å². The minimum Gasteiger partial charge on any atom is -0.390 e. The fourth-order valence-electron chi connectivity index (χ4n) is 4.37. The number of β-amino-alcohol motifs (C(OH)–C–C–N with tert-alkyl or cyclic N) is 1. The third kappa shape index (κ3) is 3.47. The summed E-state index contributed by atoms with van der Waals surface area (Å²) in [5.74, 6) is 1.50. The molecule has 0 radical (unpaired) electrons. The molecular formula is C20H29N3O2S. The van der Waals surface area contributed by atoms with E-state index in [-0.39, 0.29) is 5.56 Å². The maximum Gasteiger partial charge on any atom is 0.262 e. The second-order valence-electron chi connectivity index (χ2n) is 8.10. The number of hydrogen-bond acceptors (Lipinski definition) is 5. The van der Waals surface area contributed by atoms with Crippen LogP contribution < -0.4 is 5.56 Å². The summed E-state index contributed by atoms with van der Waals surface area (Å²) in [6.45, 7) is 7.24. The van der Waals surface area contributed by atoms with Crippen molar-refractivity contribution in [1.29, 1.82) is 0 Å². The van der Waals surface area contributed by atoms with Crippen molar-refractivity contribution >= 4 is 21.6 Å². The molecule has 3 heterocycles. The SMILES string of the molecule is Cc1nc2sc3c(c2c(=O)n1CC(O)CN1CCC(C)CC1)CCCC3. The van der Waals surface area contributed by atoms with Gasteiger partial charge in [0.2, 0.25) is 0 Å². The van der Waals surface area contributed by atoms with Crippen LogP contribution in [0.4, 0.5) is 0 Å². The molecule has 0 saturated carbocycles. The maximum absolute atomic E-state index is 13.2. The van der Waals surface area contributed by atoms with Crippen LogP contribution >= 0.6 is 11.3 Å². The lowest BCUT2D eigenvalue weighted by atomic mass is 9.97. The fraction of sp³-hybridized carbons (Fsp3) is 0.700. The highest BCUT2D eigenvalue weighted by Gasteiger charge is 2.23. The van der Waals surface area contributed by atoms with Gasteiger partial charge in [-0.3, -0.25) is 9.36 Å². The summed E-state index contributed by atoms with van der Waals surface area (Å²) < 4.78 is 1.70. The Labute approximate surface area is 158 Å². The van der Waals surface area contributed by atoms with Crippen LogP contribution in [0.15, 0.2) is 4.79 Å². The molecule has 1 saturated heterocycles. The molecule has 2 aromatic heterocycles. The number of aromatic nitrogens is 2. The van der Waals surface area contributed by atoms with E-state index in [1.165, 1.54) is 29.7 Å². The largest absolute Gasteiger partial charge is 0.390 e. The Bertz CT molecular complexity index is 849. The third-order valence-corrected chi connectivity index (χ3v) is 7.19. The molecule has 2 aromatic rings. The second kappa shape index (κ2) is 7.41. The summed E-state index contributed by atoms with van der Waals surface area (Å²) >= 11 is 1.69. The summed E-state index contributed by atoms with van der Waals surface area (Å²) in [5.41, 5.74) is 1.26. The monoisotopic (exact) mass is 375 g/mol. The Balaban J connectivity index is 1.57. The molecule has 1 unspecified atom stereocenters. The van der Waals surface area contributed by atoms with Crippen molar-refractivity contribution in [3.05, 3.63) is 26.6 Å². The Morgan fingerprint density at radius 1 is 1.23 bits per heavy atom. The van der Waals surface area contributed by atoms with Crippen LogP contribution in [0, 0.1) is 12.8 Å². The van der Waals surface area contributed by atoms with Gasteiger partial charge in [-0.05, 0) is 70.0 Å². The van der Waals surface area contributed by atoms with E-state index in [1.54, 1.807) is 15.9 Å². The lowest BCUT2D eigenvalue weighted by Gasteiger charge is -2.31. The molecule has 5 nitrogen and oxygen atoms in total. The van der Waals surface area contributed by atoms with Crippen molar-refractivity contribution in [2.75, 3.05) is 19.6 Å². The van der Waals surface area contributed by atoms with Crippen LogP contribution in [0.2, 0.25) is 0 Å². The van der Waals surface area contributed by atoms with Crippen molar-refractivity contribution < 1.29 is 5.11 Å². The summed E-state index contributed by atoms with van der Waals surface area (Å²) in [6.07, 6.45) is 6.28. The molecule has 0 amide bonds. The quantitative estimate of drug-likeness (QED) is 0.893. The first-order valence-electron chi connectivity index (χ1n) is 9.95. The first-order chi connectivity index (χ1) is 12.5. The van der Waals surface area contributed by atoms with Gasteiger partial charge in [0.15, 0.2) is 0 Å². The third-order valence-electron chi connectivity index (χ3n) is 6.00. The highest BCUT2D eigenvalue weighted by atomic mass is 32.1. The van der Waals surface area contributed by atoms with Crippen molar-refractivity contribution in [3.63, 3.8) is 0 Å². The summed E-state index contributed by atoms with van der Waals surface area (Å²) in [4.78, 5) is 22.4. The molecular weight excluding hydrogens is 346 g/mol. The zero-order valence-corrected chi connectivity index (χ0v) is 16.6. The number of aryl methyl sites for hydroxylation is 3. The average molecular weight is 376 g/mol. The Morgan fingerprint density at radius 3 is 2.73 bits per heavy atom. The Kier molecular flexibility index (Phi) is 5.17. The van der Waals surface area contributed by atoms with E-state index in [9.17, 15) is 9.90 Å². The minimum atomic E-state index is -0.534. The number of likely N-dealkylation sites (tertiary alicyclic amines) is 1. The van der Waals surface area contributed by atoms with Crippen LogP contribution in [0.25, 0.3) is 10.2 Å². The van der Waals surface area contributed by atoms with E-state index in [4.69, 9.17) is 4.98 Å². The molecule has 0 aromatic carbocycles. The van der Waals surface area contributed by atoms with Crippen LogP contribution in [-0.4, -0.2) is 45.3 Å². The Hall–Kier alpha value is -1.24. The van der Waals surface area contributed by atoms with E-state index in [0.717, 1.165) is 48.5 Å². The van der Waals surface area contributed by atoms with Crippen LogP contribution in [0.5, 0.6) is 0 Å². The van der Waals surface area contributed by atoms with Crippen molar-refractivity contribution in [3.8, 4) is 0 Å². The number of nitrogens with zero attached hydrogens (tertiary/aromatic N) is 3. The molecule has 1 aliphatic heterocycles. The van der Waals surface area contributed by atoms with Gasteiger partial charge in [-0.2, -0.15) is 0 Å². The second-order valence-corrected chi connectivity index (χ2v) is 9.19. The highest BCUT2D eigenvalue weighted by Crippen LogP contribution is 2.33. The van der Waals surface area contributed by atoms with Crippen LogP contribution in [0.1, 0.15) is 48.9 Å². The van der Waals surface area contributed by atoms with Crippen LogP contribution in [0.3, 0.4) is 0 Å². The van der Waals surface area contributed by atoms with Crippen molar-refractivity contribution in [2.45, 2.75) is 65.0 Å². The molecule has 1 aliphatic carbocycles. The molecule has 6 heteroatoms. The lowest BCUT2D eigenvalue weighted by molar-refractivity contribution is 0.0789. The van der Waals surface area contributed by atoms with E-state index in [0.29, 0.717) is 18.9 Å². The minimum absolute atomic E-state index is 0.0400. The van der Waals surface area contributed by atoms with Gasteiger partial charge in [-0.1, -0.05) is 6.92 Å². The van der Waals surface area contributed by atoms with Gasteiger partial charge in [-0.15, -0.1) is 11.3 Å². The van der Waals surface area contributed by atoms with Gasteiger partial charge < -0.3 is 10.0 Å². The zero-order valence-electron chi connectivity index (χ0n) is 15.8. The van der Waals surface area contributed by atoms with E-state index in [2.05, 4.69) is 11.8 Å². The topological polar surface area (TPSA) is 58.4 Å². The van der Waals surface area contributed by atoms with Gasteiger partial charge in [0, 0.05) is 11.4 Å². The molecule has 1 fully saturated rings. The molecule has 2 aliphatic rings. The van der Waals surface area contributed by atoms with E-state index >= 15 is 0 Å². The number of aliphatic hydroxyl groups excluding tert-OH is 1. The zero-order chi connectivity index (χ0) is 18.3. The normalized spacial score (nSPS) is 20.4. The van der Waals surface area contributed by atoms with Crippen molar-refractivity contribution in [2.24, 2.45) is 5.92 Å². The molecule has 142 valence electrons. The smallest absolute Gasteiger partial charge is 0.262 e. The summed E-state index contributed by atoms with van der Waals surface area (Å²) in [5, 5.41) is 11.4. The molecule has 1 atom stereocenters. The maximum atomic E-state index is 13.2. The van der Waals surface area contributed by atoms with E-state index < -0.39 is 6.10 Å². The average Bonchev–Trinajstić information content (AvgIpc) is 2.98. The summed E-state index contributed by atoms with van der Waals surface area (Å²) in [6, 6.07) is 0. The number of piperidine rings is 1. The molecule has 1 N–H and O–H groups in total. The Morgan fingerprint density at radius 2 is 1.96 bits per heavy atom. The number of hydrogen-bond donors (Lipinski definition) is 1. The predicted octanol–water partition coefficient (Wildman–Crippen LogP) is 2.74. The molecule has 26 heavy (non-hydrogen) atoms. The lowest BCUT2D eigenvalue weighted by Crippen LogP contribution is -2.41. The van der Waals surface area contributed by atoms with Crippen molar-refractivity contribution in [1.82, 2.24) is 14.5 Å². The van der Waals surface area contributed by atoms with E-state index in [1.807, 2.05) is 6.92 Å². The number of fused-ring (bicyclic) bond motifs is 3. The first kappa shape index (κ1) is 18.1. The molecule has 0 bridgehead atoms. The standard InChI is InChI=1S/C20H29N3O2S/c1-13-7-9-22(10-8-13)11-15(24)12-23-14(2)21-19-18(20(23)25)16-5-3-4-6-17(16)26-19/h13,15,24H,3-12H2,1-2H3. The van der Waals surface area contributed by atoms with Gasteiger partial charge in [0.05, 0.1) is 18.0 Å². The number of thiophene rings is 1. The van der Waals surface area contributed by atoms with Gasteiger partial charge in [-0.25, -0.2) is 4.98 Å². The molecule has 0 spiro atoms. The van der Waals surface area contributed by atoms with Gasteiger partial charge >= 0.3 is 0 Å². The number of rotatable bonds is 4. The highest BCUT2D eigenvalue weighted by molar-refractivity contribution is 7.18. The van der Waals surface area contributed by atoms with Gasteiger partial charge in [0.1, 0.15) is 10.7 Å². The predicted molar refractivity (Wildman–Crippen MR) is 106 cm³/mol. The molecule has 4 rings (SSSR count). The fourth-order valence-corrected chi connectivity index (χ4v) is 5.66. The first-order valence-corrected chi connectivity index (χ1v) is 10.8. The summed E-state index contributed by atoms with van der Waals surface area (Å²) in [7, 11) is 0. The number of aliphatic hydroxyl groups is 1. The van der Waals surface area contributed by atoms with Gasteiger partial charge in [0.25, 0.3) is 5.56 Å².